The summed E-state index contributed by atoms with van der Waals surface area (Å²) in [5.41, 5.74) is 4.32. The van der Waals surface area contributed by atoms with Crippen LogP contribution in [0, 0.1) is 0 Å². The number of hydrogen-bond acceptors (Lipinski definition) is 6. The highest BCUT2D eigenvalue weighted by atomic mass is 16.5. The number of ether oxygens (including phenoxy) is 2. The molecule has 148 valence electrons. The van der Waals surface area contributed by atoms with Gasteiger partial charge in [-0.25, -0.2) is 10.2 Å². The van der Waals surface area contributed by atoms with Crippen LogP contribution in [0.5, 0.6) is 5.75 Å². The average Bonchev–Trinajstić information content (AvgIpc) is 3.22. The molecule has 0 spiro atoms. The molecular formula is C22H20N2O5. The highest BCUT2D eigenvalue weighted by molar-refractivity contribution is 5.96. The summed E-state index contributed by atoms with van der Waals surface area (Å²) >= 11 is 0. The maximum atomic E-state index is 12.0. The fourth-order valence-corrected chi connectivity index (χ4v) is 2.69. The molecule has 0 unspecified atom stereocenters. The van der Waals surface area contributed by atoms with Gasteiger partial charge in [0.1, 0.15) is 17.3 Å². The number of amides is 1. The Morgan fingerprint density at radius 3 is 2.52 bits per heavy atom. The molecule has 0 fully saturated rings. The van der Waals surface area contributed by atoms with Gasteiger partial charge >= 0.3 is 5.97 Å². The number of nitrogens with one attached hydrogen (secondary N) is 1. The lowest BCUT2D eigenvalue weighted by Gasteiger charge is -2.04. The van der Waals surface area contributed by atoms with E-state index in [1.807, 2.05) is 12.1 Å². The van der Waals surface area contributed by atoms with Crippen molar-refractivity contribution in [2.45, 2.75) is 6.42 Å². The predicted molar refractivity (Wildman–Crippen MR) is 108 cm³/mol. The van der Waals surface area contributed by atoms with Crippen LogP contribution in [-0.4, -0.2) is 32.3 Å². The highest BCUT2D eigenvalue weighted by Crippen LogP contribution is 2.26. The molecule has 0 saturated heterocycles. The second-order valence-corrected chi connectivity index (χ2v) is 6.06. The molecule has 0 aliphatic heterocycles. The summed E-state index contributed by atoms with van der Waals surface area (Å²) in [7, 11) is 2.92. The Morgan fingerprint density at radius 2 is 1.79 bits per heavy atom. The summed E-state index contributed by atoms with van der Waals surface area (Å²) in [5, 5.41) is 3.92. The molecule has 0 aliphatic carbocycles. The van der Waals surface area contributed by atoms with Crippen LogP contribution < -0.4 is 10.2 Å². The molecular weight excluding hydrogens is 372 g/mol. The van der Waals surface area contributed by atoms with Gasteiger partial charge < -0.3 is 13.9 Å². The normalized spacial score (nSPS) is 10.7. The van der Waals surface area contributed by atoms with Gasteiger partial charge in [-0.1, -0.05) is 30.3 Å². The molecule has 7 heteroatoms. The molecule has 0 radical (unpaired) electrons. The molecule has 0 saturated carbocycles. The minimum Gasteiger partial charge on any atom is -0.497 e. The van der Waals surface area contributed by atoms with E-state index in [1.54, 1.807) is 55.6 Å². The van der Waals surface area contributed by atoms with Crippen LogP contribution in [0.3, 0.4) is 0 Å². The Kier molecular flexibility index (Phi) is 6.42. The maximum Gasteiger partial charge on any atom is 0.338 e. The quantitative estimate of drug-likeness (QED) is 0.378. The van der Waals surface area contributed by atoms with Crippen molar-refractivity contribution in [1.82, 2.24) is 5.43 Å². The van der Waals surface area contributed by atoms with Crippen LogP contribution in [-0.2, 0) is 16.0 Å². The Morgan fingerprint density at radius 1 is 1.03 bits per heavy atom. The first-order chi connectivity index (χ1) is 14.1. The van der Waals surface area contributed by atoms with Crippen molar-refractivity contribution in [2.75, 3.05) is 14.2 Å². The van der Waals surface area contributed by atoms with Crippen molar-refractivity contribution < 1.29 is 23.5 Å². The number of benzene rings is 2. The summed E-state index contributed by atoms with van der Waals surface area (Å²) in [4.78, 5) is 23.9. The minimum atomic E-state index is -0.446. The van der Waals surface area contributed by atoms with Gasteiger partial charge in [0.05, 0.1) is 32.4 Å². The third-order valence-electron chi connectivity index (χ3n) is 4.13. The topological polar surface area (TPSA) is 90.1 Å². The van der Waals surface area contributed by atoms with Crippen molar-refractivity contribution in [1.29, 1.82) is 0 Å². The van der Waals surface area contributed by atoms with Crippen LogP contribution in [0.15, 0.2) is 70.2 Å². The first kappa shape index (κ1) is 19.9. The van der Waals surface area contributed by atoms with Gasteiger partial charge in [0.25, 0.3) is 0 Å². The number of nitrogens with zero attached hydrogens (tertiary/aromatic N) is 1. The van der Waals surface area contributed by atoms with Gasteiger partial charge in [-0.15, -0.1) is 0 Å². The van der Waals surface area contributed by atoms with Crippen LogP contribution in [0.1, 0.15) is 21.7 Å². The second kappa shape index (κ2) is 9.36. The predicted octanol–water partition coefficient (Wildman–Crippen LogP) is 3.43. The average molecular weight is 392 g/mol. The van der Waals surface area contributed by atoms with Crippen LogP contribution >= 0.6 is 0 Å². The summed E-state index contributed by atoms with van der Waals surface area (Å²) < 4.78 is 15.6. The van der Waals surface area contributed by atoms with Crippen molar-refractivity contribution in [3.8, 4) is 17.1 Å². The first-order valence-electron chi connectivity index (χ1n) is 8.83. The molecule has 1 aromatic heterocycles. The van der Waals surface area contributed by atoms with E-state index in [0.29, 0.717) is 22.6 Å². The smallest absolute Gasteiger partial charge is 0.338 e. The highest BCUT2D eigenvalue weighted by Gasteiger charge is 2.15. The fraction of sp³-hybridized carbons (Fsp3) is 0.136. The van der Waals surface area contributed by atoms with E-state index in [4.69, 9.17) is 13.9 Å². The molecule has 29 heavy (non-hydrogen) atoms. The van der Waals surface area contributed by atoms with E-state index in [9.17, 15) is 9.59 Å². The van der Waals surface area contributed by atoms with Gasteiger partial charge in [-0.2, -0.15) is 5.10 Å². The molecule has 1 heterocycles. The lowest BCUT2D eigenvalue weighted by molar-refractivity contribution is -0.120. The Labute approximate surface area is 167 Å². The number of rotatable bonds is 7. The lowest BCUT2D eigenvalue weighted by atomic mass is 10.1. The van der Waals surface area contributed by atoms with E-state index < -0.39 is 5.97 Å². The second-order valence-electron chi connectivity index (χ2n) is 6.06. The standard InChI is InChI=1S/C22H20N2O5/c1-27-16-9-7-15(8-10-16)13-21(25)24-23-14-17-11-12-20(29-17)18-5-3-4-6-19(18)22(26)28-2/h3-12,14H,13H2,1-2H3,(H,24,25)/b23-14-. The molecule has 0 bridgehead atoms. The fourth-order valence-electron chi connectivity index (χ4n) is 2.69. The van der Waals surface area contributed by atoms with Crippen molar-refractivity contribution >= 4 is 18.1 Å². The summed E-state index contributed by atoms with van der Waals surface area (Å²) in [6.45, 7) is 0. The van der Waals surface area contributed by atoms with Crippen LogP contribution in [0.4, 0.5) is 0 Å². The number of methoxy groups -OCH3 is 2. The SMILES string of the molecule is COC(=O)c1ccccc1-c1ccc(/C=N\NC(=O)Cc2ccc(OC)cc2)o1. The Balaban J connectivity index is 1.62. The number of carbonyl (C=O) groups is 2. The minimum absolute atomic E-state index is 0.192. The first-order valence-corrected chi connectivity index (χ1v) is 8.83. The Bertz CT molecular complexity index is 1020. The van der Waals surface area contributed by atoms with E-state index >= 15 is 0 Å². The lowest BCUT2D eigenvalue weighted by Crippen LogP contribution is -2.19. The third kappa shape index (κ3) is 5.10. The molecule has 3 aromatic rings. The molecule has 1 amide bonds. The monoisotopic (exact) mass is 392 g/mol. The maximum absolute atomic E-state index is 12.0. The number of hydrogen-bond donors (Lipinski definition) is 1. The molecule has 0 atom stereocenters. The van der Waals surface area contributed by atoms with E-state index in [0.717, 1.165) is 11.3 Å². The van der Waals surface area contributed by atoms with Crippen molar-refractivity contribution in [3.05, 3.63) is 77.6 Å². The molecule has 2 aromatic carbocycles. The summed E-state index contributed by atoms with van der Waals surface area (Å²) in [6, 6.07) is 17.6. The zero-order chi connectivity index (χ0) is 20.6. The van der Waals surface area contributed by atoms with E-state index in [1.165, 1.54) is 13.3 Å². The van der Waals surface area contributed by atoms with Crippen LogP contribution in [0.25, 0.3) is 11.3 Å². The largest absolute Gasteiger partial charge is 0.497 e. The van der Waals surface area contributed by atoms with Crippen LogP contribution in [0.2, 0.25) is 0 Å². The van der Waals surface area contributed by atoms with Gasteiger partial charge in [-0.05, 0) is 35.9 Å². The van der Waals surface area contributed by atoms with E-state index in [-0.39, 0.29) is 12.3 Å². The van der Waals surface area contributed by atoms with Crippen molar-refractivity contribution in [3.63, 3.8) is 0 Å². The summed E-state index contributed by atoms with van der Waals surface area (Å²) in [5.74, 6) is 0.961. The molecule has 7 nitrogen and oxygen atoms in total. The zero-order valence-corrected chi connectivity index (χ0v) is 16.0. The molecule has 1 N–H and O–H groups in total. The molecule has 3 rings (SSSR count). The number of carbonyl (C=O) groups excluding carboxylic acids is 2. The van der Waals surface area contributed by atoms with Gasteiger partial charge in [0.15, 0.2) is 0 Å². The van der Waals surface area contributed by atoms with Gasteiger partial charge in [-0.3, -0.25) is 4.79 Å². The third-order valence-corrected chi connectivity index (χ3v) is 4.13. The Hall–Kier alpha value is -3.87. The number of hydrazone groups is 1. The van der Waals surface area contributed by atoms with E-state index in [2.05, 4.69) is 10.5 Å². The summed E-state index contributed by atoms with van der Waals surface area (Å²) in [6.07, 6.45) is 1.59. The van der Waals surface area contributed by atoms with Gasteiger partial charge in [0.2, 0.25) is 5.91 Å². The zero-order valence-electron chi connectivity index (χ0n) is 16.0. The molecule has 0 aliphatic rings. The van der Waals surface area contributed by atoms with Crippen molar-refractivity contribution in [2.24, 2.45) is 5.10 Å². The number of furan rings is 1. The number of esters is 1. The van der Waals surface area contributed by atoms with Gasteiger partial charge in [0, 0.05) is 5.56 Å².